The normalized spacial score (nSPS) is 10.8. The van der Waals surface area contributed by atoms with E-state index in [0.717, 1.165) is 37.8 Å². The van der Waals surface area contributed by atoms with E-state index in [1.807, 2.05) is 12.1 Å². The summed E-state index contributed by atoms with van der Waals surface area (Å²) < 4.78 is 5.66. The van der Waals surface area contributed by atoms with Crippen molar-refractivity contribution in [2.24, 2.45) is 5.92 Å². The van der Waals surface area contributed by atoms with Crippen LogP contribution < -0.4 is 10.1 Å². The van der Waals surface area contributed by atoms with Crippen LogP contribution in [-0.2, 0) is 0 Å². The van der Waals surface area contributed by atoms with Gasteiger partial charge in [0.15, 0.2) is 0 Å². The molecule has 96 valence electrons. The van der Waals surface area contributed by atoms with E-state index >= 15 is 0 Å². The number of ether oxygens (including phenoxy) is 1. The molecule has 0 spiro atoms. The van der Waals surface area contributed by atoms with Crippen LogP contribution in [0.4, 0.5) is 0 Å². The lowest BCUT2D eigenvalue weighted by Crippen LogP contribution is -2.22. The summed E-state index contributed by atoms with van der Waals surface area (Å²) in [5.74, 6) is 1.68. The fourth-order valence-electron chi connectivity index (χ4n) is 1.45. The molecule has 0 radical (unpaired) electrons. The maximum atomic E-state index is 5.66. The molecule has 0 aliphatic rings. The van der Waals surface area contributed by atoms with Gasteiger partial charge in [0.2, 0.25) is 0 Å². The molecular formula is C14H23NOS. The molecule has 3 heteroatoms. The molecule has 0 amide bonds. The zero-order valence-electron chi connectivity index (χ0n) is 11.0. The van der Waals surface area contributed by atoms with Gasteiger partial charge < -0.3 is 10.1 Å². The highest BCUT2D eigenvalue weighted by Gasteiger charge is 1.95. The minimum atomic E-state index is 0.718. The fourth-order valence-corrected chi connectivity index (χ4v) is 1.86. The highest BCUT2D eigenvalue weighted by molar-refractivity contribution is 7.98. The molecule has 1 aromatic rings. The van der Waals surface area contributed by atoms with E-state index in [1.54, 1.807) is 11.8 Å². The highest BCUT2D eigenvalue weighted by Crippen LogP contribution is 2.18. The largest absolute Gasteiger partial charge is 0.494 e. The number of thioether (sulfide) groups is 1. The van der Waals surface area contributed by atoms with Crippen LogP contribution in [0, 0.1) is 5.92 Å². The van der Waals surface area contributed by atoms with Crippen LogP contribution in [0.15, 0.2) is 29.2 Å². The molecule has 0 atom stereocenters. The van der Waals surface area contributed by atoms with Crippen molar-refractivity contribution < 1.29 is 4.74 Å². The first kappa shape index (κ1) is 14.4. The van der Waals surface area contributed by atoms with Gasteiger partial charge in [-0.05, 0) is 55.9 Å². The van der Waals surface area contributed by atoms with Gasteiger partial charge in [-0.1, -0.05) is 13.8 Å². The van der Waals surface area contributed by atoms with Gasteiger partial charge in [0, 0.05) is 4.90 Å². The minimum Gasteiger partial charge on any atom is -0.494 e. The number of nitrogens with one attached hydrogen (secondary N) is 1. The molecule has 0 aliphatic heterocycles. The molecule has 1 aromatic carbocycles. The lowest BCUT2D eigenvalue weighted by molar-refractivity contribution is 0.307. The molecule has 1 rings (SSSR count). The van der Waals surface area contributed by atoms with Crippen LogP contribution in [0.2, 0.25) is 0 Å². The van der Waals surface area contributed by atoms with Crippen molar-refractivity contribution in [2.45, 2.75) is 25.2 Å². The second kappa shape index (κ2) is 8.43. The average molecular weight is 253 g/mol. The summed E-state index contributed by atoms with van der Waals surface area (Å²) >= 11 is 1.75. The molecule has 2 nitrogen and oxygen atoms in total. The Labute approximate surface area is 109 Å². The summed E-state index contributed by atoms with van der Waals surface area (Å²) in [6.45, 7) is 7.33. The first-order chi connectivity index (χ1) is 8.22. The third-order valence-electron chi connectivity index (χ3n) is 2.38. The molecule has 1 N–H and O–H groups in total. The Morgan fingerprint density at radius 2 is 1.94 bits per heavy atom. The van der Waals surface area contributed by atoms with Gasteiger partial charge in [-0.3, -0.25) is 0 Å². The van der Waals surface area contributed by atoms with E-state index in [4.69, 9.17) is 4.74 Å². The number of benzene rings is 1. The van der Waals surface area contributed by atoms with Gasteiger partial charge in [0.25, 0.3) is 0 Å². The van der Waals surface area contributed by atoms with E-state index in [9.17, 15) is 0 Å². The summed E-state index contributed by atoms with van der Waals surface area (Å²) in [4.78, 5) is 1.27. The predicted octanol–water partition coefficient (Wildman–Crippen LogP) is 3.42. The third kappa shape index (κ3) is 6.59. The van der Waals surface area contributed by atoms with E-state index in [2.05, 4.69) is 37.6 Å². The zero-order chi connectivity index (χ0) is 12.5. The highest BCUT2D eigenvalue weighted by atomic mass is 32.2. The van der Waals surface area contributed by atoms with Crippen LogP contribution in [0.3, 0.4) is 0 Å². The molecule has 0 unspecified atom stereocenters. The van der Waals surface area contributed by atoms with E-state index in [-0.39, 0.29) is 0 Å². The first-order valence-corrected chi connectivity index (χ1v) is 7.42. The van der Waals surface area contributed by atoms with E-state index in [0.29, 0.717) is 0 Å². The SMILES string of the molecule is CSc1ccc(OCCCNCC(C)C)cc1. The molecule has 0 heterocycles. The molecule has 0 fully saturated rings. The van der Waals surface area contributed by atoms with Crippen molar-refractivity contribution in [1.29, 1.82) is 0 Å². The summed E-state index contributed by atoms with van der Waals surface area (Å²) in [6, 6.07) is 8.26. The summed E-state index contributed by atoms with van der Waals surface area (Å²) in [7, 11) is 0. The quantitative estimate of drug-likeness (QED) is 0.566. The fraction of sp³-hybridized carbons (Fsp3) is 0.571. The lowest BCUT2D eigenvalue weighted by Gasteiger charge is -2.09. The van der Waals surface area contributed by atoms with E-state index < -0.39 is 0 Å². The van der Waals surface area contributed by atoms with Crippen molar-refractivity contribution in [3.05, 3.63) is 24.3 Å². The van der Waals surface area contributed by atoms with Gasteiger partial charge in [-0.15, -0.1) is 11.8 Å². The monoisotopic (exact) mass is 253 g/mol. The maximum absolute atomic E-state index is 5.66. The first-order valence-electron chi connectivity index (χ1n) is 6.20. The Kier molecular flexibility index (Phi) is 7.13. The Morgan fingerprint density at radius 3 is 2.53 bits per heavy atom. The molecule has 17 heavy (non-hydrogen) atoms. The molecule has 0 aromatic heterocycles. The van der Waals surface area contributed by atoms with Crippen molar-refractivity contribution in [1.82, 2.24) is 5.32 Å². The third-order valence-corrected chi connectivity index (χ3v) is 3.12. The maximum Gasteiger partial charge on any atom is 0.119 e. The zero-order valence-corrected chi connectivity index (χ0v) is 11.8. The Morgan fingerprint density at radius 1 is 1.24 bits per heavy atom. The number of rotatable bonds is 8. The second-order valence-electron chi connectivity index (χ2n) is 4.48. The number of hydrogen-bond donors (Lipinski definition) is 1. The second-order valence-corrected chi connectivity index (χ2v) is 5.36. The topological polar surface area (TPSA) is 21.3 Å². The Bertz CT molecular complexity index is 298. The van der Waals surface area contributed by atoms with Crippen LogP contribution in [0.5, 0.6) is 5.75 Å². The smallest absolute Gasteiger partial charge is 0.119 e. The summed E-state index contributed by atoms with van der Waals surface area (Å²) in [5, 5.41) is 3.41. The summed E-state index contributed by atoms with van der Waals surface area (Å²) in [6.07, 6.45) is 3.13. The van der Waals surface area contributed by atoms with Gasteiger partial charge in [-0.2, -0.15) is 0 Å². The van der Waals surface area contributed by atoms with Crippen molar-refractivity contribution >= 4 is 11.8 Å². The van der Waals surface area contributed by atoms with Crippen molar-refractivity contribution in [3.8, 4) is 5.75 Å². The van der Waals surface area contributed by atoms with Crippen LogP contribution in [0.1, 0.15) is 20.3 Å². The van der Waals surface area contributed by atoms with Crippen LogP contribution in [0.25, 0.3) is 0 Å². The van der Waals surface area contributed by atoms with Gasteiger partial charge in [0.1, 0.15) is 5.75 Å². The molecule has 0 aliphatic carbocycles. The van der Waals surface area contributed by atoms with Gasteiger partial charge >= 0.3 is 0 Å². The minimum absolute atomic E-state index is 0.718. The summed E-state index contributed by atoms with van der Waals surface area (Å²) in [5.41, 5.74) is 0. The van der Waals surface area contributed by atoms with Crippen molar-refractivity contribution in [2.75, 3.05) is 26.0 Å². The Hall–Kier alpha value is -0.670. The molecule has 0 saturated carbocycles. The van der Waals surface area contributed by atoms with E-state index in [1.165, 1.54) is 4.90 Å². The lowest BCUT2D eigenvalue weighted by atomic mass is 10.2. The molecular weight excluding hydrogens is 230 g/mol. The standard InChI is InChI=1S/C14H23NOS/c1-12(2)11-15-9-4-10-16-13-5-7-14(17-3)8-6-13/h5-8,12,15H,4,9-11H2,1-3H3. The van der Waals surface area contributed by atoms with Gasteiger partial charge in [-0.25, -0.2) is 0 Å². The van der Waals surface area contributed by atoms with Crippen molar-refractivity contribution in [3.63, 3.8) is 0 Å². The molecule has 0 saturated heterocycles. The Balaban J connectivity index is 2.09. The predicted molar refractivity (Wildman–Crippen MR) is 76.0 cm³/mol. The average Bonchev–Trinajstić information content (AvgIpc) is 2.34. The molecule has 0 bridgehead atoms. The van der Waals surface area contributed by atoms with Gasteiger partial charge in [0.05, 0.1) is 6.61 Å². The van der Waals surface area contributed by atoms with Crippen LogP contribution >= 0.6 is 11.8 Å². The van der Waals surface area contributed by atoms with Crippen LogP contribution in [-0.4, -0.2) is 26.0 Å². The number of hydrogen-bond acceptors (Lipinski definition) is 3.